The number of rotatable bonds is 73. The molecule has 94 heavy (non-hydrogen) atoms. The summed E-state index contributed by atoms with van der Waals surface area (Å²) in [5, 5.41) is 10.6. The molecule has 0 aromatic rings. The van der Waals surface area contributed by atoms with Crippen molar-refractivity contribution in [3.05, 3.63) is 0 Å². The van der Waals surface area contributed by atoms with E-state index in [4.69, 9.17) is 37.0 Å². The number of carbonyl (C=O) groups is 4. The van der Waals surface area contributed by atoms with E-state index in [1.807, 2.05) is 0 Å². The van der Waals surface area contributed by atoms with E-state index >= 15 is 0 Å². The van der Waals surface area contributed by atoms with E-state index in [2.05, 4.69) is 48.5 Å². The predicted molar refractivity (Wildman–Crippen MR) is 381 cm³/mol. The zero-order valence-corrected chi connectivity index (χ0v) is 63.2. The zero-order chi connectivity index (χ0) is 69.4. The molecule has 0 fully saturated rings. The zero-order valence-electron chi connectivity index (χ0n) is 61.4. The fourth-order valence-electron chi connectivity index (χ4n) is 11.4. The largest absolute Gasteiger partial charge is 0.472 e. The molecule has 558 valence electrons. The van der Waals surface area contributed by atoms with Gasteiger partial charge in [0, 0.05) is 25.7 Å². The lowest BCUT2D eigenvalue weighted by Gasteiger charge is -2.21. The molecule has 17 nitrogen and oxygen atoms in total. The van der Waals surface area contributed by atoms with Gasteiger partial charge in [0.15, 0.2) is 12.2 Å². The van der Waals surface area contributed by atoms with Crippen molar-refractivity contribution in [1.29, 1.82) is 0 Å². The average molecular weight is 1380 g/mol. The number of phosphoric acid groups is 2. The average Bonchev–Trinajstić information content (AvgIpc) is 2.11. The van der Waals surface area contributed by atoms with Crippen LogP contribution in [0.3, 0.4) is 0 Å². The lowest BCUT2D eigenvalue weighted by molar-refractivity contribution is -0.161. The Morgan fingerprint density at radius 3 is 0.809 bits per heavy atom. The molecule has 0 aromatic heterocycles. The Hall–Kier alpha value is -1.94. The van der Waals surface area contributed by atoms with Gasteiger partial charge in [-0.25, -0.2) is 9.13 Å². The highest BCUT2D eigenvalue weighted by atomic mass is 31.2. The first-order chi connectivity index (χ1) is 45.3. The Bertz CT molecular complexity index is 1840. The van der Waals surface area contributed by atoms with Gasteiger partial charge in [0.25, 0.3) is 0 Å². The van der Waals surface area contributed by atoms with Crippen LogP contribution in [0, 0.1) is 17.8 Å². The van der Waals surface area contributed by atoms with Gasteiger partial charge in [-0.1, -0.05) is 331 Å². The number of carbonyl (C=O) groups excluding carboxylic acids is 4. The smallest absolute Gasteiger partial charge is 0.462 e. The van der Waals surface area contributed by atoms with Gasteiger partial charge in [0.2, 0.25) is 0 Å². The number of aliphatic hydroxyl groups excluding tert-OH is 1. The molecule has 0 aliphatic heterocycles. The molecular weight excluding hydrogens is 1230 g/mol. The number of esters is 4. The van der Waals surface area contributed by atoms with E-state index in [0.29, 0.717) is 25.7 Å². The Labute approximate surface area is 575 Å². The van der Waals surface area contributed by atoms with Crippen molar-refractivity contribution in [3.8, 4) is 0 Å². The molecule has 0 amide bonds. The minimum Gasteiger partial charge on any atom is -0.462 e. The molecule has 0 aliphatic carbocycles. The molecule has 0 heterocycles. The van der Waals surface area contributed by atoms with Gasteiger partial charge in [-0.3, -0.25) is 37.3 Å². The molecule has 6 atom stereocenters. The number of hydrogen-bond acceptors (Lipinski definition) is 15. The minimum absolute atomic E-state index is 0.107. The highest BCUT2D eigenvalue weighted by Crippen LogP contribution is 2.45. The fraction of sp³-hybridized carbons (Fsp3) is 0.947. The summed E-state index contributed by atoms with van der Waals surface area (Å²) in [6.45, 7) is 11.9. The molecule has 0 saturated carbocycles. The van der Waals surface area contributed by atoms with Crippen LogP contribution >= 0.6 is 15.6 Å². The molecule has 0 aliphatic rings. The van der Waals surface area contributed by atoms with Gasteiger partial charge in [-0.05, 0) is 43.4 Å². The molecule has 3 unspecified atom stereocenters. The summed E-state index contributed by atoms with van der Waals surface area (Å²) in [5.41, 5.74) is 0. The summed E-state index contributed by atoms with van der Waals surface area (Å²) < 4.78 is 68.5. The van der Waals surface area contributed by atoms with E-state index in [0.717, 1.165) is 108 Å². The SMILES string of the molecule is CCCCCCCCCCCCCCCCC(=O)O[C@H](COC(=O)CCCCCCCCCCC(C)C)COP(=O)(O)OC[C@H](O)COP(=O)(O)OC[C@@H](COC(=O)CCCCCCCCCCCCC(C)CC)OC(=O)CCCCCCCCCCCCCCC(C)C. The van der Waals surface area contributed by atoms with Crippen LogP contribution in [-0.2, 0) is 65.4 Å². The van der Waals surface area contributed by atoms with Crippen molar-refractivity contribution in [2.75, 3.05) is 39.6 Å². The van der Waals surface area contributed by atoms with Crippen LogP contribution in [0.4, 0.5) is 0 Å². The summed E-state index contributed by atoms with van der Waals surface area (Å²) >= 11 is 0. The Balaban J connectivity index is 5.27. The first-order valence-corrected chi connectivity index (χ1v) is 41.9. The van der Waals surface area contributed by atoms with E-state index in [1.54, 1.807) is 0 Å². The van der Waals surface area contributed by atoms with Crippen LogP contribution in [-0.4, -0.2) is 96.7 Å². The third-order valence-electron chi connectivity index (χ3n) is 17.7. The van der Waals surface area contributed by atoms with Gasteiger partial charge in [-0.2, -0.15) is 0 Å². The third-order valence-corrected chi connectivity index (χ3v) is 19.6. The number of hydrogen-bond donors (Lipinski definition) is 3. The van der Waals surface area contributed by atoms with E-state index in [1.165, 1.54) is 193 Å². The molecule has 0 bridgehead atoms. The maximum Gasteiger partial charge on any atom is 0.472 e. The van der Waals surface area contributed by atoms with Gasteiger partial charge in [0.05, 0.1) is 26.4 Å². The van der Waals surface area contributed by atoms with Gasteiger partial charge < -0.3 is 33.8 Å². The quantitative estimate of drug-likeness (QED) is 0.0222. The Morgan fingerprint density at radius 2 is 0.543 bits per heavy atom. The second kappa shape index (κ2) is 65.7. The Kier molecular flexibility index (Phi) is 64.3. The first kappa shape index (κ1) is 92.1. The van der Waals surface area contributed by atoms with Crippen molar-refractivity contribution in [3.63, 3.8) is 0 Å². The molecule has 0 rings (SSSR count). The molecule has 0 saturated heterocycles. The second-order valence-electron chi connectivity index (χ2n) is 28.2. The summed E-state index contributed by atoms with van der Waals surface area (Å²) in [6, 6.07) is 0. The van der Waals surface area contributed by atoms with Crippen LogP contribution in [0.2, 0.25) is 0 Å². The van der Waals surface area contributed by atoms with Crippen LogP contribution < -0.4 is 0 Å². The molecule has 0 aromatic carbocycles. The molecule has 19 heteroatoms. The summed E-state index contributed by atoms with van der Waals surface area (Å²) in [5.74, 6) is 0.195. The number of ether oxygens (including phenoxy) is 4. The molecular formula is C75H146O17P2. The fourth-order valence-corrected chi connectivity index (χ4v) is 13.0. The Morgan fingerprint density at radius 1 is 0.309 bits per heavy atom. The maximum atomic E-state index is 13.1. The summed E-state index contributed by atoms with van der Waals surface area (Å²) in [6.07, 6.45) is 51.2. The van der Waals surface area contributed by atoms with Crippen molar-refractivity contribution >= 4 is 39.5 Å². The third kappa shape index (κ3) is 67.3. The van der Waals surface area contributed by atoms with Crippen molar-refractivity contribution in [2.24, 2.45) is 17.8 Å². The van der Waals surface area contributed by atoms with Crippen molar-refractivity contribution in [1.82, 2.24) is 0 Å². The summed E-state index contributed by atoms with van der Waals surface area (Å²) in [4.78, 5) is 72.8. The lowest BCUT2D eigenvalue weighted by atomic mass is 9.99. The molecule has 0 radical (unpaired) electrons. The number of aliphatic hydroxyl groups is 1. The maximum absolute atomic E-state index is 13.1. The monoisotopic (exact) mass is 1380 g/mol. The van der Waals surface area contributed by atoms with Crippen LogP contribution in [0.25, 0.3) is 0 Å². The number of phosphoric ester groups is 2. The predicted octanol–water partition coefficient (Wildman–Crippen LogP) is 21.8. The normalized spacial score (nSPS) is 14.4. The van der Waals surface area contributed by atoms with Gasteiger partial charge >= 0.3 is 39.5 Å². The highest BCUT2D eigenvalue weighted by molar-refractivity contribution is 7.47. The van der Waals surface area contributed by atoms with Gasteiger partial charge in [0.1, 0.15) is 19.3 Å². The highest BCUT2D eigenvalue weighted by Gasteiger charge is 2.30. The van der Waals surface area contributed by atoms with E-state index in [9.17, 15) is 43.2 Å². The lowest BCUT2D eigenvalue weighted by Crippen LogP contribution is -2.30. The topological polar surface area (TPSA) is 237 Å². The molecule has 0 spiro atoms. The van der Waals surface area contributed by atoms with Gasteiger partial charge in [-0.15, -0.1) is 0 Å². The van der Waals surface area contributed by atoms with Crippen LogP contribution in [0.15, 0.2) is 0 Å². The van der Waals surface area contributed by atoms with E-state index in [-0.39, 0.29) is 25.7 Å². The van der Waals surface area contributed by atoms with Crippen LogP contribution in [0.5, 0.6) is 0 Å². The minimum atomic E-state index is -4.96. The van der Waals surface area contributed by atoms with E-state index < -0.39 is 97.5 Å². The first-order valence-electron chi connectivity index (χ1n) is 38.9. The van der Waals surface area contributed by atoms with Crippen molar-refractivity contribution < 1.29 is 80.2 Å². The van der Waals surface area contributed by atoms with Crippen molar-refractivity contribution in [2.45, 2.75) is 401 Å². The van der Waals surface area contributed by atoms with Crippen LogP contribution in [0.1, 0.15) is 382 Å². The second-order valence-corrected chi connectivity index (χ2v) is 31.1. The number of unbranched alkanes of at least 4 members (excludes halogenated alkanes) is 40. The molecule has 3 N–H and O–H groups in total. The summed E-state index contributed by atoms with van der Waals surface area (Å²) in [7, 11) is -9.91. The standard InChI is InChI=1S/C75H146O17P2/c1-8-10-11-12-13-14-15-16-17-21-28-37-44-51-58-74(79)92-71(63-86-73(78)57-50-43-36-31-30-33-40-47-54-67(5)6)65-90-94(83,84)88-61-69(76)60-87-93(81,82)89-64-70(62-85-72(77)56-49-42-35-27-24-23-26-34-41-48-55-68(7)9-2)91-75(80)59-52-45-38-29-22-19-18-20-25-32-39-46-53-66(3)4/h66-71,76H,8-65H2,1-7H3,(H,81,82)(H,83,84)/t68?,69-,70-,71-/m1/s1.